The van der Waals surface area contributed by atoms with Gasteiger partial charge in [-0.2, -0.15) is 0 Å². The molecule has 0 spiro atoms. The molecule has 2 amide bonds. The van der Waals surface area contributed by atoms with Crippen LogP contribution >= 0.6 is 0 Å². The maximum absolute atomic E-state index is 11.4. The minimum Gasteiger partial charge on any atom is -0.481 e. The molecule has 6 heteroatoms. The van der Waals surface area contributed by atoms with Gasteiger partial charge in [0.25, 0.3) is 0 Å². The molecule has 0 saturated carbocycles. The van der Waals surface area contributed by atoms with Crippen LogP contribution in [0, 0.1) is 5.41 Å². The van der Waals surface area contributed by atoms with Crippen molar-refractivity contribution in [2.45, 2.75) is 39.7 Å². The van der Waals surface area contributed by atoms with Gasteiger partial charge in [0.2, 0.25) is 0 Å². The van der Waals surface area contributed by atoms with Gasteiger partial charge in [-0.3, -0.25) is 4.79 Å². The number of hydrogen-bond donors (Lipinski definition) is 4. The summed E-state index contributed by atoms with van der Waals surface area (Å²) in [5.41, 5.74) is 0.00173. The van der Waals surface area contributed by atoms with Gasteiger partial charge in [0.05, 0.1) is 19.1 Å². The molecule has 0 aromatic rings. The largest absolute Gasteiger partial charge is 0.481 e. The van der Waals surface area contributed by atoms with Crippen LogP contribution in [-0.2, 0) is 4.79 Å². The van der Waals surface area contributed by atoms with E-state index in [0.29, 0.717) is 6.42 Å². The average molecular weight is 246 g/mol. The van der Waals surface area contributed by atoms with Crippen LogP contribution in [0.15, 0.2) is 0 Å². The van der Waals surface area contributed by atoms with E-state index in [9.17, 15) is 9.59 Å². The van der Waals surface area contributed by atoms with Gasteiger partial charge in [-0.25, -0.2) is 4.79 Å². The zero-order valence-corrected chi connectivity index (χ0v) is 10.6. The van der Waals surface area contributed by atoms with E-state index in [1.165, 1.54) is 0 Å². The summed E-state index contributed by atoms with van der Waals surface area (Å²) in [6, 6.07) is -0.769. The fourth-order valence-corrected chi connectivity index (χ4v) is 1.42. The topological polar surface area (TPSA) is 98.7 Å². The third-order valence-electron chi connectivity index (χ3n) is 2.04. The van der Waals surface area contributed by atoms with Crippen molar-refractivity contribution in [3.8, 4) is 0 Å². The molecule has 0 heterocycles. The number of carbonyl (C=O) groups excluding carboxylic acids is 1. The molecule has 4 N–H and O–H groups in total. The van der Waals surface area contributed by atoms with Gasteiger partial charge in [0.15, 0.2) is 0 Å². The smallest absolute Gasteiger partial charge is 0.315 e. The third kappa shape index (κ3) is 9.62. The number of carbonyl (C=O) groups is 2. The number of nitrogens with one attached hydrogen (secondary N) is 2. The first-order valence-corrected chi connectivity index (χ1v) is 5.61. The molecule has 0 fully saturated rings. The first kappa shape index (κ1) is 15.7. The summed E-state index contributed by atoms with van der Waals surface area (Å²) in [5, 5.41) is 22.5. The van der Waals surface area contributed by atoms with Gasteiger partial charge >= 0.3 is 12.0 Å². The monoisotopic (exact) mass is 246 g/mol. The Balaban J connectivity index is 3.94. The molecule has 0 saturated heterocycles. The molecule has 1 atom stereocenters. The van der Waals surface area contributed by atoms with Crippen molar-refractivity contribution in [3.05, 3.63) is 0 Å². The highest BCUT2D eigenvalue weighted by molar-refractivity contribution is 5.75. The maximum atomic E-state index is 11.4. The lowest BCUT2D eigenvalue weighted by Gasteiger charge is -2.25. The number of rotatable bonds is 6. The summed E-state index contributed by atoms with van der Waals surface area (Å²) in [6.45, 7) is 5.98. The normalized spacial score (nSPS) is 12.9. The lowest BCUT2D eigenvalue weighted by atomic mass is 9.88. The van der Waals surface area contributed by atoms with E-state index in [2.05, 4.69) is 10.6 Å². The molecule has 0 radical (unpaired) electrons. The van der Waals surface area contributed by atoms with Crippen LogP contribution in [0.4, 0.5) is 4.79 Å². The Labute approximate surface area is 101 Å². The zero-order valence-electron chi connectivity index (χ0n) is 10.6. The second-order valence-electron chi connectivity index (χ2n) is 5.19. The molecular formula is C11H22N2O4. The molecule has 0 aliphatic heterocycles. The Morgan fingerprint density at radius 2 is 1.88 bits per heavy atom. The summed E-state index contributed by atoms with van der Waals surface area (Å²) in [5.74, 6) is -0.960. The van der Waals surface area contributed by atoms with Crippen molar-refractivity contribution >= 4 is 12.0 Å². The number of aliphatic hydroxyl groups excluding tert-OH is 1. The Morgan fingerprint density at radius 1 is 1.29 bits per heavy atom. The second kappa shape index (κ2) is 7.11. The number of amides is 2. The highest BCUT2D eigenvalue weighted by Crippen LogP contribution is 2.20. The standard InChI is InChI=1S/C11H22N2O4/c1-11(2,3)6-8(7-14)13-10(17)12-5-4-9(15)16/h8,14H,4-7H2,1-3H3,(H,15,16)(H2,12,13,17). The number of aliphatic carboxylic acids is 1. The lowest BCUT2D eigenvalue weighted by Crippen LogP contribution is -2.45. The maximum Gasteiger partial charge on any atom is 0.315 e. The second-order valence-corrected chi connectivity index (χ2v) is 5.19. The van der Waals surface area contributed by atoms with Crippen LogP contribution in [0.25, 0.3) is 0 Å². The van der Waals surface area contributed by atoms with Gasteiger partial charge < -0.3 is 20.8 Å². The molecule has 6 nitrogen and oxygen atoms in total. The molecule has 1 unspecified atom stereocenters. The van der Waals surface area contributed by atoms with Gasteiger partial charge in [-0.05, 0) is 11.8 Å². The molecule has 0 aliphatic carbocycles. The van der Waals surface area contributed by atoms with Gasteiger partial charge in [-0.15, -0.1) is 0 Å². The Kier molecular flexibility index (Phi) is 6.57. The number of hydrogen-bond acceptors (Lipinski definition) is 3. The van der Waals surface area contributed by atoms with E-state index in [-0.39, 0.29) is 31.0 Å². The summed E-state index contributed by atoms with van der Waals surface area (Å²) < 4.78 is 0. The predicted octanol–water partition coefficient (Wildman–Crippen LogP) is 0.557. The molecule has 100 valence electrons. The molecule has 0 rings (SSSR count). The van der Waals surface area contributed by atoms with E-state index >= 15 is 0 Å². The van der Waals surface area contributed by atoms with Crippen LogP contribution < -0.4 is 10.6 Å². The van der Waals surface area contributed by atoms with Crippen molar-refractivity contribution in [1.82, 2.24) is 10.6 Å². The Morgan fingerprint density at radius 3 is 2.29 bits per heavy atom. The van der Waals surface area contributed by atoms with Crippen molar-refractivity contribution < 1.29 is 19.8 Å². The molecule has 0 aromatic heterocycles. The molecule has 17 heavy (non-hydrogen) atoms. The fraction of sp³-hybridized carbons (Fsp3) is 0.818. The van der Waals surface area contributed by atoms with Crippen molar-refractivity contribution in [3.63, 3.8) is 0 Å². The zero-order chi connectivity index (χ0) is 13.5. The van der Waals surface area contributed by atoms with Crippen LogP contribution in [-0.4, -0.2) is 41.4 Å². The minimum absolute atomic E-state index is 0.00173. The highest BCUT2D eigenvalue weighted by atomic mass is 16.4. The minimum atomic E-state index is -0.960. The number of carboxylic acid groups (broad SMARTS) is 1. The van der Waals surface area contributed by atoms with E-state index in [4.69, 9.17) is 10.2 Å². The number of carboxylic acids is 1. The SMILES string of the molecule is CC(C)(C)CC(CO)NC(=O)NCCC(=O)O. The van der Waals surface area contributed by atoms with Crippen molar-refractivity contribution in [1.29, 1.82) is 0 Å². The van der Waals surface area contributed by atoms with Gasteiger partial charge in [0, 0.05) is 6.54 Å². The van der Waals surface area contributed by atoms with Crippen LogP contribution in [0.1, 0.15) is 33.6 Å². The predicted molar refractivity (Wildman–Crippen MR) is 63.7 cm³/mol. The average Bonchev–Trinajstić information content (AvgIpc) is 2.13. The van der Waals surface area contributed by atoms with Gasteiger partial charge in [0.1, 0.15) is 0 Å². The summed E-state index contributed by atoms with van der Waals surface area (Å²) >= 11 is 0. The molecule has 0 bridgehead atoms. The van der Waals surface area contributed by atoms with E-state index in [1.807, 2.05) is 20.8 Å². The van der Waals surface area contributed by atoms with Crippen LogP contribution in [0.3, 0.4) is 0 Å². The van der Waals surface area contributed by atoms with E-state index < -0.39 is 12.0 Å². The first-order valence-electron chi connectivity index (χ1n) is 5.61. The van der Waals surface area contributed by atoms with E-state index in [0.717, 1.165) is 0 Å². The number of aliphatic hydroxyl groups is 1. The quantitative estimate of drug-likeness (QED) is 0.550. The third-order valence-corrected chi connectivity index (χ3v) is 2.04. The molecule has 0 aliphatic rings. The lowest BCUT2D eigenvalue weighted by molar-refractivity contribution is -0.136. The summed E-state index contributed by atoms with van der Waals surface area (Å²) in [4.78, 5) is 21.6. The molecular weight excluding hydrogens is 224 g/mol. The summed E-state index contributed by atoms with van der Waals surface area (Å²) in [7, 11) is 0. The highest BCUT2D eigenvalue weighted by Gasteiger charge is 2.19. The van der Waals surface area contributed by atoms with Gasteiger partial charge in [-0.1, -0.05) is 20.8 Å². The van der Waals surface area contributed by atoms with Crippen LogP contribution in [0.5, 0.6) is 0 Å². The summed E-state index contributed by atoms with van der Waals surface area (Å²) in [6.07, 6.45) is 0.534. The first-order chi connectivity index (χ1) is 7.74. The van der Waals surface area contributed by atoms with Crippen molar-refractivity contribution in [2.24, 2.45) is 5.41 Å². The molecule has 0 aromatic carbocycles. The van der Waals surface area contributed by atoms with E-state index in [1.54, 1.807) is 0 Å². The van der Waals surface area contributed by atoms with Crippen molar-refractivity contribution in [2.75, 3.05) is 13.2 Å². The fourth-order valence-electron chi connectivity index (χ4n) is 1.42. The Hall–Kier alpha value is -1.30. The van der Waals surface area contributed by atoms with Crippen LogP contribution in [0.2, 0.25) is 0 Å². The number of urea groups is 1. The Bertz CT molecular complexity index is 261.